The van der Waals surface area contributed by atoms with Crippen LogP contribution in [0.3, 0.4) is 0 Å². The number of aldehydes is 2. The molecular formula is C11H18N2O3. The molecule has 5 heteroatoms. The fourth-order valence-electron chi connectivity index (χ4n) is 2.09. The highest BCUT2D eigenvalue weighted by Gasteiger charge is 2.24. The Morgan fingerprint density at radius 1 is 1.25 bits per heavy atom. The van der Waals surface area contributed by atoms with Gasteiger partial charge in [0.05, 0.1) is 12.6 Å². The van der Waals surface area contributed by atoms with Gasteiger partial charge in [0.15, 0.2) is 0 Å². The number of rotatable bonds is 5. The molecule has 1 aliphatic rings. The topological polar surface area (TPSA) is 75.3 Å². The molecule has 1 fully saturated rings. The van der Waals surface area contributed by atoms with Gasteiger partial charge >= 0.3 is 6.03 Å². The minimum atomic E-state index is -0.449. The summed E-state index contributed by atoms with van der Waals surface area (Å²) in [6.07, 6.45) is 6.81. The first-order valence-corrected chi connectivity index (χ1v) is 5.71. The van der Waals surface area contributed by atoms with Crippen molar-refractivity contribution in [2.45, 2.75) is 38.1 Å². The lowest BCUT2D eigenvalue weighted by Crippen LogP contribution is -2.47. The molecule has 1 saturated carbocycles. The molecule has 1 aliphatic carbocycles. The Kier molecular flexibility index (Phi) is 5.53. The second-order valence-corrected chi connectivity index (χ2v) is 4.08. The first-order valence-electron chi connectivity index (χ1n) is 5.71. The van der Waals surface area contributed by atoms with E-state index in [-0.39, 0.29) is 12.5 Å². The second kappa shape index (κ2) is 6.98. The number of nitrogens with one attached hydrogen (secondary N) is 2. The number of urea groups is 1. The van der Waals surface area contributed by atoms with Crippen LogP contribution < -0.4 is 10.6 Å². The van der Waals surface area contributed by atoms with Gasteiger partial charge in [0.1, 0.15) is 12.6 Å². The van der Waals surface area contributed by atoms with Gasteiger partial charge in [-0.3, -0.25) is 0 Å². The van der Waals surface area contributed by atoms with Crippen molar-refractivity contribution in [3.8, 4) is 0 Å². The van der Waals surface area contributed by atoms with E-state index >= 15 is 0 Å². The molecule has 0 heterocycles. The van der Waals surface area contributed by atoms with E-state index in [0.29, 0.717) is 6.29 Å². The number of carbonyl (C=O) groups excluding carboxylic acids is 3. The molecule has 0 aromatic carbocycles. The van der Waals surface area contributed by atoms with Gasteiger partial charge < -0.3 is 20.2 Å². The molecule has 0 bridgehead atoms. The number of amides is 2. The van der Waals surface area contributed by atoms with Crippen LogP contribution in [0.15, 0.2) is 0 Å². The van der Waals surface area contributed by atoms with Crippen molar-refractivity contribution in [2.24, 2.45) is 5.92 Å². The Morgan fingerprint density at radius 3 is 2.50 bits per heavy atom. The molecule has 0 aromatic heterocycles. The maximum Gasteiger partial charge on any atom is 0.315 e. The predicted molar refractivity (Wildman–Crippen MR) is 59.0 cm³/mol. The molecule has 0 radical (unpaired) electrons. The number of carbonyl (C=O) groups is 3. The summed E-state index contributed by atoms with van der Waals surface area (Å²) in [7, 11) is 0. The van der Waals surface area contributed by atoms with E-state index < -0.39 is 12.1 Å². The largest absolute Gasteiger partial charge is 0.331 e. The van der Waals surface area contributed by atoms with Crippen molar-refractivity contribution in [2.75, 3.05) is 6.54 Å². The van der Waals surface area contributed by atoms with Gasteiger partial charge in [0.25, 0.3) is 0 Å². The van der Waals surface area contributed by atoms with E-state index in [4.69, 9.17) is 0 Å². The molecule has 1 atom stereocenters. The summed E-state index contributed by atoms with van der Waals surface area (Å²) in [6, 6.07) is -0.873. The van der Waals surface area contributed by atoms with Crippen molar-refractivity contribution in [1.82, 2.24) is 10.6 Å². The molecule has 0 spiro atoms. The standard InChI is InChI=1S/C11H18N2O3/c14-7-6-12-11(16)13-10(8-15)9-4-2-1-3-5-9/h7-10H,1-6H2,(H2,12,13,16). The van der Waals surface area contributed by atoms with Gasteiger partial charge in [-0.25, -0.2) is 4.79 Å². The summed E-state index contributed by atoms with van der Waals surface area (Å²) >= 11 is 0. The SMILES string of the molecule is O=CCNC(=O)NC(C=O)C1CCCCC1. The lowest BCUT2D eigenvalue weighted by Gasteiger charge is -2.27. The average molecular weight is 226 g/mol. The van der Waals surface area contributed by atoms with Gasteiger partial charge in [-0.1, -0.05) is 19.3 Å². The normalized spacial score (nSPS) is 18.5. The van der Waals surface area contributed by atoms with E-state index in [1.165, 1.54) is 6.42 Å². The van der Waals surface area contributed by atoms with E-state index in [1.807, 2.05) is 0 Å². The fraction of sp³-hybridized carbons (Fsp3) is 0.727. The van der Waals surface area contributed by atoms with Crippen LogP contribution in [0.25, 0.3) is 0 Å². The Balaban J connectivity index is 2.37. The van der Waals surface area contributed by atoms with Crippen LogP contribution in [-0.2, 0) is 9.59 Å². The zero-order valence-electron chi connectivity index (χ0n) is 9.28. The van der Waals surface area contributed by atoms with Crippen molar-refractivity contribution in [3.63, 3.8) is 0 Å². The highest BCUT2D eigenvalue weighted by molar-refractivity contribution is 5.79. The van der Waals surface area contributed by atoms with Gasteiger partial charge in [-0.2, -0.15) is 0 Å². The van der Waals surface area contributed by atoms with Crippen LogP contribution in [0.4, 0.5) is 4.79 Å². The second-order valence-electron chi connectivity index (χ2n) is 4.08. The molecule has 0 aliphatic heterocycles. The maximum absolute atomic E-state index is 11.3. The van der Waals surface area contributed by atoms with Crippen molar-refractivity contribution in [3.05, 3.63) is 0 Å². The molecule has 5 nitrogen and oxygen atoms in total. The van der Waals surface area contributed by atoms with E-state index in [9.17, 15) is 14.4 Å². The van der Waals surface area contributed by atoms with Crippen molar-refractivity contribution in [1.29, 1.82) is 0 Å². The number of hydrogen-bond donors (Lipinski definition) is 2. The molecule has 0 saturated heterocycles. The molecule has 16 heavy (non-hydrogen) atoms. The summed E-state index contributed by atoms with van der Waals surface area (Å²) in [5.74, 6) is 0.244. The molecule has 2 amide bonds. The van der Waals surface area contributed by atoms with E-state index in [2.05, 4.69) is 10.6 Å². The Labute approximate surface area is 95.0 Å². The molecule has 90 valence electrons. The van der Waals surface area contributed by atoms with Crippen LogP contribution in [0.5, 0.6) is 0 Å². The summed E-state index contributed by atoms with van der Waals surface area (Å²) in [5, 5.41) is 4.95. The van der Waals surface area contributed by atoms with Crippen LogP contribution in [0.1, 0.15) is 32.1 Å². The minimum absolute atomic E-state index is 0.0257. The zero-order chi connectivity index (χ0) is 11.8. The molecule has 1 rings (SSSR count). The molecular weight excluding hydrogens is 208 g/mol. The predicted octanol–water partition coefficient (Wildman–Crippen LogP) is 0.632. The lowest BCUT2D eigenvalue weighted by molar-refractivity contribution is -0.110. The third-order valence-electron chi connectivity index (χ3n) is 2.95. The van der Waals surface area contributed by atoms with Crippen LogP contribution in [0, 0.1) is 5.92 Å². The van der Waals surface area contributed by atoms with Gasteiger partial charge in [0, 0.05) is 0 Å². The van der Waals surface area contributed by atoms with Gasteiger partial charge in [-0.15, -0.1) is 0 Å². The first-order chi connectivity index (χ1) is 7.77. The van der Waals surface area contributed by atoms with E-state index in [1.54, 1.807) is 0 Å². The maximum atomic E-state index is 11.3. The average Bonchev–Trinajstić information content (AvgIpc) is 2.34. The summed E-state index contributed by atoms with van der Waals surface area (Å²) in [4.78, 5) is 32.2. The van der Waals surface area contributed by atoms with Crippen LogP contribution >= 0.6 is 0 Å². The highest BCUT2D eigenvalue weighted by Crippen LogP contribution is 2.25. The quantitative estimate of drug-likeness (QED) is 0.675. The Hall–Kier alpha value is -1.39. The minimum Gasteiger partial charge on any atom is -0.331 e. The fourth-order valence-corrected chi connectivity index (χ4v) is 2.09. The molecule has 2 N–H and O–H groups in total. The first kappa shape index (κ1) is 12.7. The Bertz CT molecular complexity index is 250. The van der Waals surface area contributed by atoms with E-state index in [0.717, 1.165) is 32.0 Å². The number of hydrogen-bond acceptors (Lipinski definition) is 3. The zero-order valence-corrected chi connectivity index (χ0v) is 9.28. The van der Waals surface area contributed by atoms with Gasteiger partial charge in [0.2, 0.25) is 0 Å². The van der Waals surface area contributed by atoms with Crippen molar-refractivity contribution < 1.29 is 14.4 Å². The Morgan fingerprint density at radius 2 is 1.94 bits per heavy atom. The molecule has 0 aromatic rings. The smallest absolute Gasteiger partial charge is 0.315 e. The third-order valence-corrected chi connectivity index (χ3v) is 2.95. The van der Waals surface area contributed by atoms with Crippen molar-refractivity contribution >= 4 is 18.6 Å². The summed E-state index contributed by atoms with van der Waals surface area (Å²) < 4.78 is 0. The third kappa shape index (κ3) is 4.00. The summed E-state index contributed by atoms with van der Waals surface area (Å²) in [6.45, 7) is -0.0257. The lowest BCUT2D eigenvalue weighted by atomic mass is 9.84. The highest BCUT2D eigenvalue weighted by atomic mass is 16.2. The summed E-state index contributed by atoms with van der Waals surface area (Å²) in [5.41, 5.74) is 0. The van der Waals surface area contributed by atoms with Crippen LogP contribution in [0.2, 0.25) is 0 Å². The molecule has 1 unspecified atom stereocenters. The monoisotopic (exact) mass is 226 g/mol. The van der Waals surface area contributed by atoms with Gasteiger partial charge in [-0.05, 0) is 18.8 Å². The van der Waals surface area contributed by atoms with Crippen LogP contribution in [-0.4, -0.2) is 31.2 Å².